The Kier molecular flexibility index (Phi) is 5.35. The number of aliphatic hydroxyl groups is 3. The molecule has 4 atom stereocenters. The van der Waals surface area contributed by atoms with Crippen molar-refractivity contribution >= 4 is 22.2 Å². The first-order valence-corrected chi connectivity index (χ1v) is 8.66. The van der Waals surface area contributed by atoms with E-state index in [0.717, 1.165) is 6.20 Å². The molecule has 1 aliphatic rings. The highest BCUT2D eigenvalue weighted by Gasteiger charge is 2.44. The van der Waals surface area contributed by atoms with Crippen molar-refractivity contribution in [3.05, 3.63) is 26.9 Å². The minimum Gasteiger partial charge on any atom is -0.394 e. The summed E-state index contributed by atoms with van der Waals surface area (Å²) in [6.07, 6.45) is -4.12. The Hall–Kier alpha value is -1.15. The molecule has 10 nitrogen and oxygen atoms in total. The van der Waals surface area contributed by atoms with Crippen molar-refractivity contribution in [3.8, 4) is 0 Å². The van der Waals surface area contributed by atoms with E-state index >= 15 is 0 Å². The van der Waals surface area contributed by atoms with E-state index in [9.17, 15) is 23.4 Å². The van der Waals surface area contributed by atoms with E-state index in [2.05, 4.69) is 4.98 Å². The number of nitrogens with one attached hydrogen (secondary N) is 1. The van der Waals surface area contributed by atoms with Crippen molar-refractivity contribution in [2.75, 3.05) is 18.9 Å². The van der Waals surface area contributed by atoms with Gasteiger partial charge in [0.05, 0.1) is 12.4 Å². The molecule has 0 amide bonds. The molecule has 2 rings (SSSR count). The summed E-state index contributed by atoms with van der Waals surface area (Å²) in [5.74, 6) is -0.465. The Morgan fingerprint density at radius 2 is 2.04 bits per heavy atom. The molecule has 0 aliphatic carbocycles. The number of rotatable bonds is 5. The van der Waals surface area contributed by atoms with Crippen molar-refractivity contribution in [2.45, 2.75) is 24.4 Å². The Morgan fingerprint density at radius 3 is 2.57 bits per heavy atom. The monoisotopic (exact) mass is 367 g/mol. The van der Waals surface area contributed by atoms with Crippen LogP contribution in [0, 0.1) is 4.64 Å². The zero-order chi connectivity index (χ0) is 17.4. The third-order valence-corrected chi connectivity index (χ3v) is 5.42. The van der Waals surface area contributed by atoms with E-state index in [-0.39, 0.29) is 16.7 Å². The third-order valence-electron chi connectivity index (χ3n) is 3.46. The first-order valence-electron chi connectivity index (χ1n) is 6.64. The van der Waals surface area contributed by atoms with Gasteiger partial charge in [-0.15, -0.1) is 0 Å². The summed E-state index contributed by atoms with van der Waals surface area (Å²) in [4.78, 5) is 14.0. The molecule has 1 saturated heterocycles. The van der Waals surface area contributed by atoms with Crippen molar-refractivity contribution < 1.29 is 28.5 Å². The maximum atomic E-state index is 12.0. The summed E-state index contributed by atoms with van der Waals surface area (Å²) in [6, 6.07) is 0. The molecule has 0 bridgehead atoms. The highest BCUT2D eigenvalue weighted by atomic mass is 32.2. The number of aromatic nitrogens is 2. The Morgan fingerprint density at radius 1 is 1.39 bits per heavy atom. The maximum Gasteiger partial charge on any atom is 0.340 e. The largest absolute Gasteiger partial charge is 0.394 e. The molecule has 2 heterocycles. The molecule has 1 fully saturated rings. The molecule has 130 valence electrons. The number of ether oxygens (including phenoxy) is 1. The van der Waals surface area contributed by atoms with Crippen LogP contribution in [-0.4, -0.2) is 69.9 Å². The van der Waals surface area contributed by atoms with Gasteiger partial charge in [-0.05, 0) is 0 Å². The fourth-order valence-electron chi connectivity index (χ4n) is 2.28. The van der Waals surface area contributed by atoms with E-state index < -0.39 is 52.5 Å². The van der Waals surface area contributed by atoms with Gasteiger partial charge < -0.3 is 25.8 Å². The average Bonchev–Trinajstić information content (AvgIpc) is 2.75. The van der Waals surface area contributed by atoms with Gasteiger partial charge >= 0.3 is 5.69 Å². The molecule has 0 spiro atoms. The molecule has 1 aromatic heterocycles. The van der Waals surface area contributed by atoms with Gasteiger partial charge in [-0.1, -0.05) is 12.2 Å². The van der Waals surface area contributed by atoms with Gasteiger partial charge in [0, 0.05) is 18.3 Å². The second-order valence-electron chi connectivity index (χ2n) is 5.00. The van der Waals surface area contributed by atoms with Crippen molar-refractivity contribution in [1.82, 2.24) is 8.96 Å². The Labute approximate surface area is 136 Å². The quantitative estimate of drug-likeness (QED) is 0.345. The second-order valence-corrected chi connectivity index (χ2v) is 7.38. The highest BCUT2D eigenvalue weighted by molar-refractivity contribution is 7.89. The summed E-state index contributed by atoms with van der Waals surface area (Å²) in [5, 5.41) is 28.9. The number of H-pyrrole nitrogens is 1. The molecule has 1 aromatic rings. The Balaban J connectivity index is 2.53. The number of aromatic amines is 1. The summed E-state index contributed by atoms with van der Waals surface area (Å²) in [5.41, 5.74) is 4.25. The van der Waals surface area contributed by atoms with E-state index in [1.165, 1.54) is 0 Å². The first kappa shape index (κ1) is 18.2. The van der Waals surface area contributed by atoms with Crippen LogP contribution < -0.4 is 11.4 Å². The molecule has 0 aromatic carbocycles. The van der Waals surface area contributed by atoms with Gasteiger partial charge in [-0.3, -0.25) is 4.98 Å². The van der Waals surface area contributed by atoms with Gasteiger partial charge in [0.1, 0.15) is 29.1 Å². The molecule has 1 aliphatic heterocycles. The van der Waals surface area contributed by atoms with E-state index in [1.54, 1.807) is 0 Å². The summed E-state index contributed by atoms with van der Waals surface area (Å²) in [6.45, 7) is -0.732. The van der Waals surface area contributed by atoms with E-state index in [4.69, 9.17) is 27.8 Å². The van der Waals surface area contributed by atoms with Crippen LogP contribution in [0.1, 0.15) is 11.7 Å². The molecule has 12 heteroatoms. The van der Waals surface area contributed by atoms with Crippen molar-refractivity contribution in [3.63, 3.8) is 0 Å². The van der Waals surface area contributed by atoms with Gasteiger partial charge in [0.15, 0.2) is 0 Å². The van der Waals surface area contributed by atoms with Crippen LogP contribution in [-0.2, 0) is 14.8 Å². The van der Waals surface area contributed by atoms with E-state index in [1.807, 2.05) is 0 Å². The Bertz CT molecular complexity index is 788. The van der Waals surface area contributed by atoms with Gasteiger partial charge in [-0.2, -0.15) is 3.97 Å². The first-order chi connectivity index (χ1) is 10.7. The topological polar surface area (TPSA) is 168 Å². The highest BCUT2D eigenvalue weighted by Crippen LogP contribution is 2.33. The lowest BCUT2D eigenvalue weighted by molar-refractivity contribution is -0.0231. The number of hydrogen-bond acceptors (Lipinski definition) is 9. The maximum absolute atomic E-state index is 12.0. The second kappa shape index (κ2) is 6.76. The standard InChI is InChI=1S/C11H17N3O7S2/c12-1-2-23(19,20)14-3-5(10(22)13-11(14)18)9-8(17)7(16)6(4-15)21-9/h3,6-9,15-17H,1-2,4,12H2,(H,13,18,22)/t6-,7-,8-,9+/m1/s1. The van der Waals surface area contributed by atoms with Gasteiger partial charge in [0.2, 0.25) is 10.0 Å². The van der Waals surface area contributed by atoms with Crippen LogP contribution in [0.25, 0.3) is 0 Å². The van der Waals surface area contributed by atoms with Crippen molar-refractivity contribution in [1.29, 1.82) is 0 Å². The summed E-state index contributed by atoms with van der Waals surface area (Å²) >= 11 is 4.97. The predicted molar refractivity (Wildman–Crippen MR) is 80.8 cm³/mol. The SMILES string of the molecule is NCCS(=O)(=O)n1cc([C@@H]2O[C@H](CO)[C@@H](O)[C@H]2O)c(=S)[nH]c1=O. The molecule has 0 radical (unpaired) electrons. The lowest BCUT2D eigenvalue weighted by Gasteiger charge is -2.16. The zero-order valence-corrected chi connectivity index (χ0v) is 13.5. The van der Waals surface area contributed by atoms with Crippen molar-refractivity contribution in [2.24, 2.45) is 5.73 Å². The van der Waals surface area contributed by atoms with Crippen LogP contribution in [0.15, 0.2) is 11.0 Å². The number of aliphatic hydroxyl groups excluding tert-OH is 3. The fraction of sp³-hybridized carbons (Fsp3) is 0.636. The number of nitrogens with zero attached hydrogens (tertiary/aromatic N) is 1. The zero-order valence-electron chi connectivity index (χ0n) is 11.8. The normalized spacial score (nSPS) is 28.2. The van der Waals surface area contributed by atoms with Gasteiger partial charge in [-0.25, -0.2) is 13.2 Å². The van der Waals surface area contributed by atoms with Gasteiger partial charge in [0.25, 0.3) is 0 Å². The smallest absolute Gasteiger partial charge is 0.340 e. The van der Waals surface area contributed by atoms with Crippen LogP contribution >= 0.6 is 12.2 Å². The van der Waals surface area contributed by atoms with Crippen LogP contribution in [0.5, 0.6) is 0 Å². The summed E-state index contributed by atoms with van der Waals surface area (Å²) in [7, 11) is -4.01. The molecule has 0 saturated carbocycles. The third kappa shape index (κ3) is 3.38. The molecule has 0 unspecified atom stereocenters. The number of nitrogens with two attached hydrogens (primary N) is 1. The molecule has 6 N–H and O–H groups in total. The van der Waals surface area contributed by atoms with Crippen LogP contribution in [0.4, 0.5) is 0 Å². The lowest BCUT2D eigenvalue weighted by atomic mass is 10.0. The molecule has 23 heavy (non-hydrogen) atoms. The fourth-order valence-corrected chi connectivity index (χ4v) is 3.60. The molecular weight excluding hydrogens is 350 g/mol. The summed E-state index contributed by atoms with van der Waals surface area (Å²) < 4.78 is 29.7. The molecular formula is C11H17N3O7S2. The number of hydrogen-bond donors (Lipinski definition) is 5. The average molecular weight is 367 g/mol. The van der Waals surface area contributed by atoms with Crippen LogP contribution in [0.3, 0.4) is 0 Å². The predicted octanol–water partition coefficient (Wildman–Crippen LogP) is -2.80. The minimum absolute atomic E-state index is 0.00250. The van der Waals surface area contributed by atoms with Crippen LogP contribution in [0.2, 0.25) is 0 Å². The van der Waals surface area contributed by atoms with E-state index in [0.29, 0.717) is 3.97 Å². The lowest BCUT2D eigenvalue weighted by Crippen LogP contribution is -2.35. The minimum atomic E-state index is -4.01.